The van der Waals surface area contributed by atoms with Crippen molar-refractivity contribution in [3.63, 3.8) is 0 Å². The Kier molecular flexibility index (Phi) is 2.35. The summed E-state index contributed by atoms with van der Waals surface area (Å²) >= 11 is 0. The van der Waals surface area contributed by atoms with Crippen molar-refractivity contribution in [3.8, 4) is 5.75 Å². The number of rotatable bonds is 2. The number of nitrogens with zero attached hydrogens (tertiary/aromatic N) is 1. The Morgan fingerprint density at radius 1 is 1.62 bits per heavy atom. The van der Waals surface area contributed by atoms with E-state index in [-0.39, 0.29) is 18.0 Å². The van der Waals surface area contributed by atoms with Gasteiger partial charge in [-0.15, -0.1) is 0 Å². The van der Waals surface area contributed by atoms with E-state index in [0.717, 1.165) is 0 Å². The number of nitro benzene ring substituents is 1. The Morgan fingerprint density at radius 2 is 2.38 bits per heavy atom. The first-order valence-electron chi connectivity index (χ1n) is 4.50. The number of nitrogens with one attached hydrogen (secondary N) is 1. The molecule has 0 radical (unpaired) electrons. The predicted octanol–water partition coefficient (Wildman–Crippen LogP) is 0.852. The molecule has 0 aromatic heterocycles. The maximum atomic E-state index is 10.7. The summed E-state index contributed by atoms with van der Waals surface area (Å²) in [6.45, 7) is 0.0868. The zero-order chi connectivity index (χ0) is 11.7. The molecule has 1 atom stereocenters. The maximum absolute atomic E-state index is 10.7. The fraction of sp³-hybridized carbons (Fsp3) is 0.222. The van der Waals surface area contributed by atoms with Gasteiger partial charge in [-0.25, -0.2) is 4.79 Å². The van der Waals surface area contributed by atoms with E-state index in [1.165, 1.54) is 12.1 Å². The van der Waals surface area contributed by atoms with Gasteiger partial charge in [0, 0.05) is 6.07 Å². The van der Waals surface area contributed by atoms with Crippen LogP contribution in [0.25, 0.3) is 0 Å². The molecule has 0 saturated carbocycles. The number of ether oxygens (including phenoxy) is 1. The Balaban J connectivity index is 2.41. The molecule has 7 heteroatoms. The van der Waals surface area contributed by atoms with Crippen LogP contribution in [0, 0.1) is 10.1 Å². The molecule has 16 heavy (non-hydrogen) atoms. The molecule has 1 aromatic carbocycles. The molecule has 1 unspecified atom stereocenters. The van der Waals surface area contributed by atoms with Gasteiger partial charge in [0.15, 0.2) is 0 Å². The molecular weight excluding hydrogens is 216 g/mol. The Bertz CT molecular complexity index is 459. The number of anilines is 1. The molecule has 0 aliphatic carbocycles. The fourth-order valence-corrected chi connectivity index (χ4v) is 1.46. The van der Waals surface area contributed by atoms with Crippen molar-refractivity contribution in [3.05, 3.63) is 28.3 Å². The number of benzene rings is 1. The molecule has 1 aromatic rings. The lowest BCUT2D eigenvalue weighted by molar-refractivity contribution is -0.386. The molecule has 7 nitrogen and oxygen atoms in total. The first kappa shape index (κ1) is 10.2. The molecule has 1 aliphatic heterocycles. The molecule has 1 heterocycles. The third-order valence-electron chi connectivity index (χ3n) is 2.20. The highest BCUT2D eigenvalue weighted by Gasteiger charge is 2.30. The van der Waals surface area contributed by atoms with Gasteiger partial charge >= 0.3 is 11.7 Å². The van der Waals surface area contributed by atoms with Crippen molar-refractivity contribution in [2.24, 2.45) is 0 Å². The highest BCUT2D eigenvalue weighted by molar-refractivity contribution is 5.77. The van der Waals surface area contributed by atoms with Crippen LogP contribution in [0.15, 0.2) is 18.2 Å². The zero-order valence-electron chi connectivity index (χ0n) is 8.04. The third-order valence-corrected chi connectivity index (χ3v) is 2.20. The third kappa shape index (κ3) is 1.62. The molecule has 0 spiro atoms. The van der Waals surface area contributed by atoms with Gasteiger partial charge in [0.05, 0.1) is 17.2 Å². The van der Waals surface area contributed by atoms with Crippen LogP contribution in [-0.2, 0) is 4.79 Å². The first-order valence-corrected chi connectivity index (χ1v) is 4.50. The minimum Gasteiger partial charge on any atom is -0.478 e. The van der Waals surface area contributed by atoms with Crippen LogP contribution in [-0.4, -0.2) is 28.6 Å². The minimum absolute atomic E-state index is 0.0221. The summed E-state index contributed by atoms with van der Waals surface area (Å²) in [4.78, 5) is 20.8. The van der Waals surface area contributed by atoms with E-state index < -0.39 is 17.0 Å². The lowest BCUT2D eigenvalue weighted by Gasteiger charge is -2.23. The molecule has 2 N–H and O–H groups in total. The number of carbonyl (C=O) groups is 1. The second-order valence-corrected chi connectivity index (χ2v) is 3.24. The smallest absolute Gasteiger partial charge is 0.346 e. The van der Waals surface area contributed by atoms with Crippen molar-refractivity contribution < 1.29 is 19.6 Å². The number of hydrogen-bond donors (Lipinski definition) is 2. The number of fused-ring (bicyclic) bond motifs is 1. The summed E-state index contributed by atoms with van der Waals surface area (Å²) < 4.78 is 5.08. The summed E-state index contributed by atoms with van der Waals surface area (Å²) in [6, 6.07) is 4.37. The average molecular weight is 224 g/mol. The van der Waals surface area contributed by atoms with Gasteiger partial charge in [-0.2, -0.15) is 0 Å². The van der Waals surface area contributed by atoms with Crippen LogP contribution in [0.4, 0.5) is 11.4 Å². The number of para-hydroxylation sites is 1. The van der Waals surface area contributed by atoms with Gasteiger partial charge in [0.1, 0.15) is 0 Å². The number of aliphatic carboxylic acids is 1. The fourth-order valence-electron chi connectivity index (χ4n) is 1.46. The van der Waals surface area contributed by atoms with Gasteiger partial charge < -0.3 is 15.2 Å². The van der Waals surface area contributed by atoms with Gasteiger partial charge in [0.25, 0.3) is 0 Å². The number of hydrogen-bond acceptors (Lipinski definition) is 5. The van der Waals surface area contributed by atoms with Crippen LogP contribution in [0.5, 0.6) is 5.75 Å². The van der Waals surface area contributed by atoms with Crippen molar-refractivity contribution in [1.29, 1.82) is 0 Å². The molecule has 0 bridgehead atoms. The summed E-state index contributed by atoms with van der Waals surface area (Å²) in [7, 11) is 0. The van der Waals surface area contributed by atoms with Crippen molar-refractivity contribution in [2.75, 3.05) is 11.9 Å². The van der Waals surface area contributed by atoms with Crippen LogP contribution >= 0.6 is 0 Å². The van der Waals surface area contributed by atoms with E-state index in [0.29, 0.717) is 5.69 Å². The predicted molar refractivity (Wildman–Crippen MR) is 53.6 cm³/mol. The molecule has 0 saturated heterocycles. The highest BCUT2D eigenvalue weighted by Crippen LogP contribution is 2.37. The Hall–Kier alpha value is -2.31. The quantitative estimate of drug-likeness (QED) is 0.570. The summed E-state index contributed by atoms with van der Waals surface area (Å²) in [5.74, 6) is -1.18. The average Bonchev–Trinajstić information content (AvgIpc) is 2.27. The van der Waals surface area contributed by atoms with E-state index in [1.807, 2.05) is 0 Å². The van der Waals surface area contributed by atoms with Crippen molar-refractivity contribution in [1.82, 2.24) is 0 Å². The van der Waals surface area contributed by atoms with E-state index in [2.05, 4.69) is 5.32 Å². The van der Waals surface area contributed by atoms with Crippen molar-refractivity contribution >= 4 is 17.3 Å². The van der Waals surface area contributed by atoms with E-state index in [9.17, 15) is 14.9 Å². The van der Waals surface area contributed by atoms with Crippen LogP contribution in [0.3, 0.4) is 0 Å². The molecule has 2 rings (SSSR count). The lowest BCUT2D eigenvalue weighted by atomic mass is 10.2. The number of nitro groups is 1. The summed E-state index contributed by atoms with van der Waals surface area (Å²) in [5, 5.41) is 22.2. The standard InChI is InChI=1S/C9H8N2O5/c12-9(13)7-4-10-5-2-1-3-6(11(14)15)8(5)16-7/h1-3,7,10H,4H2,(H,12,13). The van der Waals surface area contributed by atoms with Gasteiger partial charge in [-0.3, -0.25) is 10.1 Å². The second-order valence-electron chi connectivity index (χ2n) is 3.24. The molecule has 84 valence electrons. The van der Waals surface area contributed by atoms with Gasteiger partial charge in [-0.1, -0.05) is 6.07 Å². The van der Waals surface area contributed by atoms with E-state index in [4.69, 9.17) is 9.84 Å². The number of carboxylic acid groups (broad SMARTS) is 1. The van der Waals surface area contributed by atoms with Crippen molar-refractivity contribution in [2.45, 2.75) is 6.10 Å². The second kappa shape index (κ2) is 3.69. The summed E-state index contributed by atoms with van der Waals surface area (Å²) in [5.41, 5.74) is 0.197. The number of carboxylic acids is 1. The topological polar surface area (TPSA) is 102 Å². The molecular formula is C9H8N2O5. The van der Waals surface area contributed by atoms with Gasteiger partial charge in [0.2, 0.25) is 11.9 Å². The highest BCUT2D eigenvalue weighted by atomic mass is 16.6. The first-order chi connectivity index (χ1) is 7.59. The minimum atomic E-state index is -1.16. The Morgan fingerprint density at radius 3 is 3.00 bits per heavy atom. The maximum Gasteiger partial charge on any atom is 0.346 e. The summed E-state index contributed by atoms with van der Waals surface area (Å²) in [6.07, 6.45) is -1.10. The van der Waals surface area contributed by atoms with Crippen LogP contribution in [0.2, 0.25) is 0 Å². The van der Waals surface area contributed by atoms with E-state index in [1.54, 1.807) is 6.07 Å². The zero-order valence-corrected chi connectivity index (χ0v) is 8.04. The normalized spacial score (nSPS) is 17.9. The van der Waals surface area contributed by atoms with Crippen LogP contribution < -0.4 is 10.1 Å². The molecule has 1 aliphatic rings. The Labute approximate surface area is 89.8 Å². The van der Waals surface area contributed by atoms with Gasteiger partial charge in [-0.05, 0) is 6.07 Å². The lowest BCUT2D eigenvalue weighted by Crippen LogP contribution is -2.37. The monoisotopic (exact) mass is 224 g/mol. The van der Waals surface area contributed by atoms with E-state index >= 15 is 0 Å². The molecule has 0 fully saturated rings. The SMILES string of the molecule is O=C(O)C1CNc2cccc([N+](=O)[O-])c2O1. The largest absolute Gasteiger partial charge is 0.478 e. The van der Waals surface area contributed by atoms with Crippen LogP contribution in [0.1, 0.15) is 0 Å². The molecule has 0 amide bonds.